The van der Waals surface area contributed by atoms with Gasteiger partial charge < -0.3 is 0 Å². The quantitative estimate of drug-likeness (QED) is 0.491. The third kappa shape index (κ3) is 3.42. The number of hydrogen-bond acceptors (Lipinski definition) is 6. The standard InChI is InChI=1S/C12H27O6P3/c1-10(2,3)19(13)16-20(14,11(4,5)6)18-21(15,17-19)12(7,8)9/h1-9H3. The Balaban J connectivity index is 3.56. The van der Waals surface area contributed by atoms with Gasteiger partial charge in [0.1, 0.15) is 0 Å². The molecule has 0 saturated carbocycles. The smallest absolute Gasteiger partial charge is 0.259 e. The summed E-state index contributed by atoms with van der Waals surface area (Å²) in [6.45, 7) is 14.7. The molecule has 1 fully saturated rings. The first-order valence-corrected chi connectivity index (χ1v) is 11.4. The molecule has 1 aliphatic heterocycles. The van der Waals surface area contributed by atoms with E-state index in [0.29, 0.717) is 0 Å². The summed E-state index contributed by atoms with van der Waals surface area (Å²) in [4.78, 5) is 0. The predicted octanol–water partition coefficient (Wildman–Crippen LogP) is 6.02. The Morgan fingerprint density at radius 1 is 0.476 bits per heavy atom. The van der Waals surface area contributed by atoms with Crippen molar-refractivity contribution < 1.29 is 26.6 Å². The van der Waals surface area contributed by atoms with Crippen molar-refractivity contribution in [1.82, 2.24) is 0 Å². The molecule has 0 N–H and O–H groups in total. The van der Waals surface area contributed by atoms with Crippen molar-refractivity contribution in [3.63, 3.8) is 0 Å². The van der Waals surface area contributed by atoms with Crippen molar-refractivity contribution in [2.45, 2.75) is 77.8 Å². The van der Waals surface area contributed by atoms with Crippen LogP contribution in [0.1, 0.15) is 62.3 Å². The minimum Gasteiger partial charge on any atom is -0.259 e. The molecule has 0 spiro atoms. The maximum Gasteiger partial charge on any atom is 0.350 e. The Hall–Kier alpha value is 0.570. The molecule has 0 unspecified atom stereocenters. The van der Waals surface area contributed by atoms with Gasteiger partial charge in [-0.15, -0.1) is 0 Å². The second-order valence-electron chi connectivity index (χ2n) is 8.25. The molecular weight excluding hydrogens is 333 g/mol. The van der Waals surface area contributed by atoms with Crippen LogP contribution < -0.4 is 0 Å². The zero-order valence-electron chi connectivity index (χ0n) is 14.3. The fourth-order valence-electron chi connectivity index (χ4n) is 1.20. The van der Waals surface area contributed by atoms with Crippen LogP contribution in [-0.2, 0) is 26.6 Å². The SMILES string of the molecule is CC(C)(C)P1(=O)OP(=O)(C(C)(C)C)OP(=O)(C(C)(C)C)O1. The molecule has 0 aromatic heterocycles. The van der Waals surface area contributed by atoms with E-state index in [1.165, 1.54) is 0 Å². The zero-order chi connectivity index (χ0) is 17.1. The molecule has 6 nitrogen and oxygen atoms in total. The van der Waals surface area contributed by atoms with Crippen LogP contribution in [0.2, 0.25) is 0 Å². The van der Waals surface area contributed by atoms with E-state index in [2.05, 4.69) is 0 Å². The van der Waals surface area contributed by atoms with Crippen molar-refractivity contribution in [2.75, 3.05) is 0 Å². The molecule has 126 valence electrons. The maximum absolute atomic E-state index is 13.1. The minimum atomic E-state index is -3.88. The van der Waals surface area contributed by atoms with E-state index >= 15 is 0 Å². The number of hydrogen-bond donors (Lipinski definition) is 0. The van der Waals surface area contributed by atoms with Gasteiger partial charge in [-0.25, -0.2) is 12.9 Å². The van der Waals surface area contributed by atoms with Gasteiger partial charge in [0.2, 0.25) is 0 Å². The molecule has 0 amide bonds. The molecule has 1 saturated heterocycles. The summed E-state index contributed by atoms with van der Waals surface area (Å²) in [6.07, 6.45) is 0. The first-order chi connectivity index (χ1) is 8.87. The highest BCUT2D eigenvalue weighted by Crippen LogP contribution is 2.89. The molecular formula is C12H27O6P3. The highest BCUT2D eigenvalue weighted by atomic mass is 31.3. The second-order valence-corrected chi connectivity index (χ2v) is 17.2. The van der Waals surface area contributed by atoms with Crippen molar-refractivity contribution in [3.05, 3.63) is 0 Å². The van der Waals surface area contributed by atoms with Gasteiger partial charge in [0.15, 0.2) is 0 Å². The lowest BCUT2D eigenvalue weighted by Crippen LogP contribution is -2.30. The average Bonchev–Trinajstić information content (AvgIpc) is 2.09. The summed E-state index contributed by atoms with van der Waals surface area (Å²) in [5.74, 6) is 0. The highest BCUT2D eigenvalue weighted by Gasteiger charge is 2.64. The Morgan fingerprint density at radius 3 is 0.714 bits per heavy atom. The lowest BCUT2D eigenvalue weighted by Gasteiger charge is -2.45. The van der Waals surface area contributed by atoms with Gasteiger partial charge in [-0.1, -0.05) is 0 Å². The average molecular weight is 360 g/mol. The number of rotatable bonds is 0. The highest BCUT2D eigenvalue weighted by molar-refractivity contribution is 7.81. The molecule has 0 radical (unpaired) electrons. The zero-order valence-corrected chi connectivity index (χ0v) is 17.0. The third-order valence-electron chi connectivity index (χ3n) is 3.11. The summed E-state index contributed by atoms with van der Waals surface area (Å²) >= 11 is 0. The van der Waals surface area contributed by atoms with E-state index in [1.807, 2.05) is 0 Å². The van der Waals surface area contributed by atoms with Crippen LogP contribution >= 0.6 is 22.8 Å². The van der Waals surface area contributed by atoms with Gasteiger partial charge >= 0.3 is 22.8 Å². The van der Waals surface area contributed by atoms with Crippen LogP contribution in [0.4, 0.5) is 0 Å². The Bertz CT molecular complexity index is 462. The van der Waals surface area contributed by atoms with Crippen molar-refractivity contribution in [3.8, 4) is 0 Å². The summed E-state index contributed by atoms with van der Waals surface area (Å²) < 4.78 is 55.5. The molecule has 9 heteroatoms. The van der Waals surface area contributed by atoms with E-state index in [-0.39, 0.29) is 0 Å². The fourth-order valence-corrected chi connectivity index (χ4v) is 11.6. The molecule has 0 aromatic carbocycles. The van der Waals surface area contributed by atoms with Crippen molar-refractivity contribution in [2.24, 2.45) is 0 Å². The van der Waals surface area contributed by atoms with Crippen LogP contribution in [0.5, 0.6) is 0 Å². The first-order valence-electron chi connectivity index (χ1n) is 6.81. The Morgan fingerprint density at radius 2 is 0.619 bits per heavy atom. The lowest BCUT2D eigenvalue weighted by atomic mass is 10.3. The third-order valence-corrected chi connectivity index (χ3v) is 13.2. The largest absolute Gasteiger partial charge is 0.350 e. The van der Waals surface area contributed by atoms with E-state index < -0.39 is 38.3 Å². The van der Waals surface area contributed by atoms with Gasteiger partial charge in [0, 0.05) is 0 Å². The van der Waals surface area contributed by atoms with Gasteiger partial charge in [0.05, 0.1) is 15.5 Å². The van der Waals surface area contributed by atoms with Crippen LogP contribution in [0.25, 0.3) is 0 Å². The van der Waals surface area contributed by atoms with E-state index in [0.717, 1.165) is 0 Å². The van der Waals surface area contributed by atoms with E-state index in [9.17, 15) is 13.7 Å². The topological polar surface area (TPSA) is 78.9 Å². The predicted molar refractivity (Wildman–Crippen MR) is 85.3 cm³/mol. The van der Waals surface area contributed by atoms with Gasteiger partial charge in [-0.2, -0.15) is 0 Å². The van der Waals surface area contributed by atoms with Gasteiger partial charge in [-0.05, 0) is 62.3 Å². The van der Waals surface area contributed by atoms with Crippen LogP contribution in [-0.4, -0.2) is 15.5 Å². The summed E-state index contributed by atoms with van der Waals surface area (Å²) in [6, 6.07) is 0. The lowest BCUT2D eigenvalue weighted by molar-refractivity contribution is 0.240. The Kier molecular flexibility index (Phi) is 4.70. The normalized spacial score (nSPS) is 39.3. The molecule has 0 aliphatic carbocycles. The Labute approximate surface area is 127 Å². The molecule has 1 aliphatic rings. The minimum absolute atomic E-state index is 0.960. The molecule has 0 aromatic rings. The molecule has 21 heavy (non-hydrogen) atoms. The molecule has 0 atom stereocenters. The first kappa shape index (κ1) is 19.6. The maximum atomic E-state index is 13.1. The summed E-state index contributed by atoms with van der Waals surface area (Å²) in [7, 11) is -11.7. The van der Waals surface area contributed by atoms with Crippen LogP contribution in [0.3, 0.4) is 0 Å². The van der Waals surface area contributed by atoms with Crippen LogP contribution in [0, 0.1) is 0 Å². The summed E-state index contributed by atoms with van der Waals surface area (Å²) in [5.41, 5.74) is 0. The van der Waals surface area contributed by atoms with Crippen LogP contribution in [0.15, 0.2) is 0 Å². The molecule has 1 rings (SSSR count). The van der Waals surface area contributed by atoms with Gasteiger partial charge in [0.25, 0.3) is 0 Å². The van der Waals surface area contributed by atoms with Crippen molar-refractivity contribution in [1.29, 1.82) is 0 Å². The van der Waals surface area contributed by atoms with E-state index in [4.69, 9.17) is 12.9 Å². The summed E-state index contributed by atoms with van der Waals surface area (Å²) in [5, 5.41) is -2.88. The van der Waals surface area contributed by atoms with E-state index in [1.54, 1.807) is 62.3 Å². The molecule has 1 heterocycles. The second kappa shape index (κ2) is 5.03. The molecule has 0 bridgehead atoms. The van der Waals surface area contributed by atoms with Crippen molar-refractivity contribution >= 4 is 22.8 Å². The van der Waals surface area contributed by atoms with Gasteiger partial charge in [-0.3, -0.25) is 13.7 Å². The monoisotopic (exact) mass is 360 g/mol. The fraction of sp³-hybridized carbons (Fsp3) is 1.00.